The molecule has 2 nitrogen and oxygen atoms in total. The van der Waals surface area contributed by atoms with Gasteiger partial charge in [-0.1, -0.05) is 29.8 Å². The van der Waals surface area contributed by atoms with E-state index in [1.54, 1.807) is 0 Å². The van der Waals surface area contributed by atoms with Crippen LogP contribution in [-0.4, -0.2) is 4.98 Å². The molecule has 0 aliphatic heterocycles. The summed E-state index contributed by atoms with van der Waals surface area (Å²) < 4.78 is 3.47. The number of aromatic amines is 1. The Morgan fingerprint density at radius 1 is 1.00 bits per heavy atom. The zero-order valence-corrected chi connectivity index (χ0v) is 13.7. The quantitative estimate of drug-likeness (QED) is 0.334. The van der Waals surface area contributed by atoms with E-state index in [0.29, 0.717) is 0 Å². The fraction of sp³-hybridized carbons (Fsp3) is 0.0625. The minimum Gasteiger partial charge on any atom is -0.347 e. The highest BCUT2D eigenvalue weighted by Gasteiger charge is 2.21. The lowest BCUT2D eigenvalue weighted by Crippen LogP contribution is -2.30. The van der Waals surface area contributed by atoms with Gasteiger partial charge in [0.15, 0.2) is 0 Å². The van der Waals surface area contributed by atoms with Crippen molar-refractivity contribution >= 4 is 67.0 Å². The molecule has 0 saturated carbocycles. The predicted octanol–water partition coefficient (Wildman–Crippen LogP) is 4.56. The van der Waals surface area contributed by atoms with E-state index in [4.69, 9.17) is 11.6 Å². The Morgan fingerprint density at radius 3 is 2.60 bits per heavy atom. The molecule has 0 aliphatic carbocycles. The number of hydrogen-bond acceptors (Lipinski definition) is 0. The van der Waals surface area contributed by atoms with Gasteiger partial charge in [0, 0.05) is 6.07 Å². The zero-order chi connectivity index (χ0) is 13.9. The molecule has 0 atom stereocenters. The molecular formula is C16H11ClIN2+. The van der Waals surface area contributed by atoms with Gasteiger partial charge in [-0.05, 0) is 40.8 Å². The average molecular weight is 394 g/mol. The third-order valence-electron chi connectivity index (χ3n) is 3.81. The lowest BCUT2D eigenvalue weighted by Gasteiger charge is -2.01. The van der Waals surface area contributed by atoms with Crippen LogP contribution in [0.2, 0.25) is 5.02 Å². The van der Waals surface area contributed by atoms with Crippen molar-refractivity contribution in [2.75, 3.05) is 0 Å². The summed E-state index contributed by atoms with van der Waals surface area (Å²) in [6.45, 7) is 0. The van der Waals surface area contributed by atoms with Crippen LogP contribution in [0.3, 0.4) is 0 Å². The lowest BCUT2D eigenvalue weighted by atomic mass is 10.1. The molecule has 0 unspecified atom stereocenters. The molecule has 20 heavy (non-hydrogen) atoms. The number of pyridine rings is 1. The second-order valence-corrected chi connectivity index (χ2v) is 6.39. The Kier molecular flexibility index (Phi) is 2.69. The molecule has 0 fully saturated rings. The monoisotopic (exact) mass is 393 g/mol. The zero-order valence-electron chi connectivity index (χ0n) is 10.7. The maximum Gasteiger partial charge on any atom is 0.239 e. The summed E-state index contributed by atoms with van der Waals surface area (Å²) in [6.07, 6.45) is 0. The van der Waals surface area contributed by atoms with Gasteiger partial charge in [-0.15, -0.1) is 0 Å². The minimum atomic E-state index is 0.763. The molecule has 2 heterocycles. The molecule has 0 bridgehead atoms. The van der Waals surface area contributed by atoms with Gasteiger partial charge in [0.05, 0.1) is 24.9 Å². The molecule has 4 aromatic rings. The summed E-state index contributed by atoms with van der Waals surface area (Å²) in [6, 6.07) is 14.5. The summed E-state index contributed by atoms with van der Waals surface area (Å²) in [7, 11) is 2.11. The van der Waals surface area contributed by atoms with Crippen molar-refractivity contribution in [3.63, 3.8) is 0 Å². The third kappa shape index (κ3) is 1.53. The van der Waals surface area contributed by atoms with Crippen LogP contribution in [0.5, 0.6) is 0 Å². The average Bonchev–Trinajstić information content (AvgIpc) is 2.86. The van der Waals surface area contributed by atoms with Crippen LogP contribution < -0.4 is 4.57 Å². The van der Waals surface area contributed by atoms with Gasteiger partial charge < -0.3 is 4.98 Å². The van der Waals surface area contributed by atoms with E-state index in [1.807, 2.05) is 12.1 Å². The third-order valence-corrected chi connectivity index (χ3v) is 5.25. The molecule has 4 heteroatoms. The summed E-state index contributed by atoms with van der Waals surface area (Å²) in [5.41, 5.74) is 4.58. The van der Waals surface area contributed by atoms with Gasteiger partial charge >= 0.3 is 0 Å². The number of hydrogen-bond donors (Lipinski definition) is 1. The molecule has 2 aromatic carbocycles. The standard InChI is InChI=1S/C16H10ClIN2/c1-20-12-8-3-2-5-9(12)13(18)15-16(20)10-6-4-7-11(17)14(10)19-15/h2-8H,1H3/p+1. The van der Waals surface area contributed by atoms with E-state index in [0.717, 1.165) is 16.1 Å². The fourth-order valence-electron chi connectivity index (χ4n) is 2.88. The van der Waals surface area contributed by atoms with Crippen molar-refractivity contribution < 1.29 is 4.57 Å². The van der Waals surface area contributed by atoms with E-state index in [9.17, 15) is 0 Å². The van der Waals surface area contributed by atoms with Crippen LogP contribution in [0.25, 0.3) is 32.8 Å². The topological polar surface area (TPSA) is 19.7 Å². The van der Waals surface area contributed by atoms with Crippen LogP contribution in [0.1, 0.15) is 0 Å². The fourth-order valence-corrected chi connectivity index (χ4v) is 3.95. The molecule has 0 amide bonds. The number of aryl methyl sites for hydroxylation is 1. The molecule has 98 valence electrons. The van der Waals surface area contributed by atoms with Crippen molar-refractivity contribution in [3.05, 3.63) is 51.1 Å². The highest BCUT2D eigenvalue weighted by atomic mass is 127. The molecule has 1 N–H and O–H groups in total. The van der Waals surface area contributed by atoms with Crippen molar-refractivity contribution in [1.29, 1.82) is 0 Å². The summed E-state index contributed by atoms with van der Waals surface area (Å²) in [5.74, 6) is 0. The second-order valence-electron chi connectivity index (χ2n) is 4.90. The number of benzene rings is 2. The van der Waals surface area contributed by atoms with Crippen molar-refractivity contribution in [2.45, 2.75) is 0 Å². The van der Waals surface area contributed by atoms with Gasteiger partial charge in [0.2, 0.25) is 11.0 Å². The molecule has 4 rings (SSSR count). The van der Waals surface area contributed by atoms with Crippen LogP contribution in [0, 0.1) is 3.57 Å². The first-order valence-electron chi connectivity index (χ1n) is 6.34. The number of nitrogens with one attached hydrogen (secondary N) is 1. The van der Waals surface area contributed by atoms with Gasteiger partial charge in [-0.25, -0.2) is 0 Å². The highest BCUT2D eigenvalue weighted by Crippen LogP contribution is 2.33. The molecule has 0 radical (unpaired) electrons. The van der Waals surface area contributed by atoms with E-state index in [1.165, 1.54) is 25.4 Å². The normalized spacial score (nSPS) is 11.8. The smallest absolute Gasteiger partial charge is 0.239 e. The number of rotatable bonds is 0. The van der Waals surface area contributed by atoms with E-state index in [-0.39, 0.29) is 0 Å². The van der Waals surface area contributed by atoms with Crippen molar-refractivity contribution in [1.82, 2.24) is 4.98 Å². The van der Waals surface area contributed by atoms with Gasteiger partial charge in [0.1, 0.15) is 12.6 Å². The Hall–Kier alpha value is -1.33. The summed E-state index contributed by atoms with van der Waals surface area (Å²) in [4.78, 5) is 3.49. The number of aromatic nitrogens is 2. The Labute approximate surface area is 134 Å². The van der Waals surface area contributed by atoms with Crippen LogP contribution in [-0.2, 0) is 7.05 Å². The molecular weight excluding hydrogens is 383 g/mol. The van der Waals surface area contributed by atoms with Crippen molar-refractivity contribution in [3.8, 4) is 0 Å². The minimum absolute atomic E-state index is 0.763. The predicted molar refractivity (Wildman–Crippen MR) is 92.2 cm³/mol. The Balaban J connectivity index is 2.39. The number of nitrogens with zero attached hydrogens (tertiary/aromatic N) is 1. The SMILES string of the molecule is C[n+]1c2ccccc2c(I)c2[nH]c3c(Cl)cccc3c21. The maximum atomic E-state index is 6.32. The number of H-pyrrole nitrogens is 1. The highest BCUT2D eigenvalue weighted by molar-refractivity contribution is 14.1. The van der Waals surface area contributed by atoms with Crippen LogP contribution in [0.15, 0.2) is 42.5 Å². The molecule has 0 spiro atoms. The van der Waals surface area contributed by atoms with E-state index < -0.39 is 0 Å². The second kappa shape index (κ2) is 4.33. The van der Waals surface area contributed by atoms with Crippen LogP contribution in [0.4, 0.5) is 0 Å². The van der Waals surface area contributed by atoms with Gasteiger partial charge in [-0.3, -0.25) is 0 Å². The number of fused-ring (bicyclic) bond motifs is 4. The Bertz CT molecular complexity index is 988. The largest absolute Gasteiger partial charge is 0.347 e. The van der Waals surface area contributed by atoms with Crippen LogP contribution >= 0.6 is 34.2 Å². The molecule has 0 aliphatic rings. The Morgan fingerprint density at radius 2 is 1.75 bits per heavy atom. The molecule has 0 saturated heterocycles. The first-order chi connectivity index (χ1) is 9.68. The van der Waals surface area contributed by atoms with E-state index in [2.05, 4.69) is 69.5 Å². The van der Waals surface area contributed by atoms with E-state index >= 15 is 0 Å². The summed E-state index contributed by atoms with van der Waals surface area (Å²) >= 11 is 8.73. The van der Waals surface area contributed by atoms with Gasteiger partial charge in [-0.2, -0.15) is 4.57 Å². The molecule has 2 aromatic heterocycles. The van der Waals surface area contributed by atoms with Gasteiger partial charge in [0.25, 0.3) is 0 Å². The first-order valence-corrected chi connectivity index (χ1v) is 7.80. The summed E-state index contributed by atoms with van der Waals surface area (Å²) in [5, 5.41) is 3.18. The number of para-hydroxylation sites is 2. The lowest BCUT2D eigenvalue weighted by molar-refractivity contribution is -0.616. The number of halogens is 2. The first kappa shape index (κ1) is 12.4. The van der Waals surface area contributed by atoms with Crippen molar-refractivity contribution in [2.24, 2.45) is 7.05 Å². The maximum absolute atomic E-state index is 6.32.